The fourth-order valence-electron chi connectivity index (χ4n) is 10.0. The van der Waals surface area contributed by atoms with E-state index in [0.717, 1.165) is 135 Å². The number of hydrogen-bond donors (Lipinski definition) is 0. The maximum absolute atomic E-state index is 12.9. The summed E-state index contributed by atoms with van der Waals surface area (Å²) >= 11 is 0. The molecule has 0 N–H and O–H groups in total. The number of hydrogen-bond acceptors (Lipinski definition) is 8. The Kier molecular flexibility index (Phi) is 69.1. The van der Waals surface area contributed by atoms with Crippen molar-refractivity contribution >= 4 is 19.8 Å². The molecule has 0 aliphatic heterocycles. The number of ether oxygens (including phenoxy) is 2. The molecule has 2 atom stereocenters. The summed E-state index contributed by atoms with van der Waals surface area (Å²) in [6.07, 6.45) is 110. The average molecular weight is 1320 g/mol. The zero-order chi connectivity index (χ0) is 68.3. The van der Waals surface area contributed by atoms with Crippen LogP contribution >= 0.6 is 7.82 Å². The lowest BCUT2D eigenvalue weighted by molar-refractivity contribution is -0.870. The molecule has 10 heteroatoms. The molecule has 0 aromatic carbocycles. The number of phosphoric ester groups is 1. The topological polar surface area (TPSA) is 111 Å². The molecule has 0 amide bonds. The van der Waals surface area contributed by atoms with E-state index in [-0.39, 0.29) is 32.0 Å². The van der Waals surface area contributed by atoms with Gasteiger partial charge in [-0.3, -0.25) is 14.2 Å². The monoisotopic (exact) mass is 1320 g/mol. The van der Waals surface area contributed by atoms with Gasteiger partial charge in [-0.15, -0.1) is 0 Å². The zero-order valence-corrected chi connectivity index (χ0v) is 61.7. The van der Waals surface area contributed by atoms with Crippen LogP contribution in [-0.2, 0) is 32.7 Å². The molecule has 94 heavy (non-hydrogen) atoms. The van der Waals surface area contributed by atoms with E-state index in [1.165, 1.54) is 128 Å². The first-order valence-electron chi connectivity index (χ1n) is 37.8. The largest absolute Gasteiger partial charge is 0.756 e. The van der Waals surface area contributed by atoms with Gasteiger partial charge in [0.05, 0.1) is 27.7 Å². The van der Waals surface area contributed by atoms with Gasteiger partial charge in [0.2, 0.25) is 0 Å². The highest BCUT2D eigenvalue weighted by Crippen LogP contribution is 2.38. The lowest BCUT2D eigenvalue weighted by atomic mass is 10.0. The maximum atomic E-state index is 12.9. The fraction of sp³-hybridized carbons (Fsp3) is 0.643. The van der Waals surface area contributed by atoms with Gasteiger partial charge in [0.25, 0.3) is 7.82 Å². The van der Waals surface area contributed by atoms with Crippen LogP contribution in [0, 0.1) is 0 Å². The lowest BCUT2D eigenvalue weighted by Gasteiger charge is -2.28. The van der Waals surface area contributed by atoms with Gasteiger partial charge in [0.1, 0.15) is 19.8 Å². The summed E-state index contributed by atoms with van der Waals surface area (Å²) in [5, 5.41) is 0. The third-order valence-electron chi connectivity index (χ3n) is 15.7. The number of carbonyl (C=O) groups is 2. The van der Waals surface area contributed by atoms with Crippen LogP contribution < -0.4 is 4.89 Å². The summed E-state index contributed by atoms with van der Waals surface area (Å²) in [6.45, 7) is 4.01. The molecular formula is C84H140NO8P. The van der Waals surface area contributed by atoms with Gasteiger partial charge >= 0.3 is 11.9 Å². The molecule has 0 heterocycles. The van der Waals surface area contributed by atoms with E-state index in [1.54, 1.807) is 0 Å². The molecule has 0 saturated carbocycles. The fourth-order valence-corrected chi connectivity index (χ4v) is 10.8. The Balaban J connectivity index is 4.06. The number of quaternary nitrogens is 1. The van der Waals surface area contributed by atoms with Crippen molar-refractivity contribution in [3.63, 3.8) is 0 Å². The predicted molar refractivity (Wildman–Crippen MR) is 406 cm³/mol. The Hall–Kier alpha value is -4.63. The van der Waals surface area contributed by atoms with Gasteiger partial charge in [-0.25, -0.2) is 0 Å². The van der Waals surface area contributed by atoms with Crippen LogP contribution in [0.1, 0.15) is 296 Å². The van der Waals surface area contributed by atoms with Gasteiger partial charge in [-0.05, 0) is 128 Å². The van der Waals surface area contributed by atoms with Crippen molar-refractivity contribution in [3.05, 3.63) is 170 Å². The Morgan fingerprint density at radius 2 is 0.574 bits per heavy atom. The third-order valence-corrected chi connectivity index (χ3v) is 16.7. The highest BCUT2D eigenvalue weighted by molar-refractivity contribution is 7.45. The lowest BCUT2D eigenvalue weighted by Crippen LogP contribution is -2.37. The Bertz CT molecular complexity index is 2200. The van der Waals surface area contributed by atoms with E-state index >= 15 is 0 Å². The summed E-state index contributed by atoms with van der Waals surface area (Å²) in [5.41, 5.74) is 0. The molecule has 0 aromatic heterocycles. The number of likely N-dealkylation sites (N-methyl/N-ethyl adjacent to an activating group) is 1. The van der Waals surface area contributed by atoms with Crippen LogP contribution in [0.25, 0.3) is 0 Å². The molecule has 0 radical (unpaired) electrons. The molecule has 0 aromatic rings. The van der Waals surface area contributed by atoms with Crippen LogP contribution in [0.4, 0.5) is 0 Å². The van der Waals surface area contributed by atoms with E-state index in [2.05, 4.69) is 184 Å². The Morgan fingerprint density at radius 1 is 0.330 bits per heavy atom. The highest BCUT2D eigenvalue weighted by Gasteiger charge is 2.22. The van der Waals surface area contributed by atoms with Crippen LogP contribution in [0.5, 0.6) is 0 Å². The van der Waals surface area contributed by atoms with Gasteiger partial charge in [0, 0.05) is 12.8 Å². The minimum Gasteiger partial charge on any atom is -0.756 e. The standard InChI is InChI=1S/C84H140NO8P/c1-6-8-10-12-14-16-18-20-22-24-26-28-30-32-34-36-38-40-41-42-43-45-46-48-50-52-54-56-58-60-62-64-66-68-70-72-74-76-83(86)90-80-82(81-92-94(88,89)91-79-78-85(3,4)5)93-84(87)77-75-73-71-69-67-65-63-61-59-57-55-53-51-49-47-44-39-37-35-33-31-29-27-25-23-21-19-17-15-13-11-9-7-2/h8-11,14-17,20-23,26-29,32-35,38-40,44,49,51,55,57,82H,6-7,12-13,18-19,24-25,30-31,36-37,41-43,45-48,50,52-54,56,58-81H2,1-5H3/b10-8-,11-9-,16-14-,17-15-,22-20-,23-21-,28-26-,29-27-,34-32-,35-33-,40-38-,44-39-,51-49-,57-55-. The second-order valence-corrected chi connectivity index (χ2v) is 27.3. The molecule has 0 aliphatic rings. The molecule has 2 unspecified atom stereocenters. The van der Waals surface area contributed by atoms with Crippen LogP contribution in [-0.4, -0.2) is 70.0 Å². The first kappa shape index (κ1) is 89.4. The number of esters is 2. The summed E-state index contributed by atoms with van der Waals surface area (Å²) in [4.78, 5) is 38.2. The second-order valence-electron chi connectivity index (χ2n) is 25.9. The van der Waals surface area contributed by atoms with Crippen molar-refractivity contribution in [1.29, 1.82) is 0 Å². The van der Waals surface area contributed by atoms with Crippen molar-refractivity contribution < 1.29 is 42.1 Å². The molecule has 0 saturated heterocycles. The first-order valence-corrected chi connectivity index (χ1v) is 39.3. The van der Waals surface area contributed by atoms with Crippen LogP contribution in [0.15, 0.2) is 170 Å². The Morgan fingerprint density at radius 3 is 0.851 bits per heavy atom. The molecule has 0 bridgehead atoms. The van der Waals surface area contributed by atoms with E-state index in [1.807, 2.05) is 21.1 Å². The Labute approximate surface area is 578 Å². The summed E-state index contributed by atoms with van der Waals surface area (Å²) in [6, 6.07) is 0. The number of nitrogens with zero attached hydrogens (tertiary/aromatic N) is 1. The number of allylic oxidation sites excluding steroid dienone is 28. The van der Waals surface area contributed by atoms with Gasteiger partial charge in [0.15, 0.2) is 6.10 Å². The zero-order valence-electron chi connectivity index (χ0n) is 60.8. The first-order chi connectivity index (χ1) is 46.0. The van der Waals surface area contributed by atoms with E-state index < -0.39 is 26.5 Å². The summed E-state index contributed by atoms with van der Waals surface area (Å²) in [7, 11) is 1.15. The summed E-state index contributed by atoms with van der Waals surface area (Å²) in [5.74, 6) is -0.845. The van der Waals surface area contributed by atoms with E-state index in [9.17, 15) is 19.0 Å². The van der Waals surface area contributed by atoms with Gasteiger partial charge < -0.3 is 27.9 Å². The number of phosphoric acid groups is 1. The molecule has 534 valence electrons. The number of rotatable bonds is 68. The smallest absolute Gasteiger partial charge is 0.306 e. The molecule has 0 rings (SSSR count). The minimum absolute atomic E-state index is 0.0395. The minimum atomic E-state index is -4.66. The average Bonchev–Trinajstić information content (AvgIpc) is 1.56. The van der Waals surface area contributed by atoms with Crippen molar-refractivity contribution in [1.82, 2.24) is 0 Å². The van der Waals surface area contributed by atoms with E-state index in [4.69, 9.17) is 18.5 Å². The molecule has 9 nitrogen and oxygen atoms in total. The molecular weight excluding hydrogens is 1180 g/mol. The van der Waals surface area contributed by atoms with Crippen molar-refractivity contribution in [2.45, 2.75) is 302 Å². The normalized spacial score (nSPS) is 14.1. The highest BCUT2D eigenvalue weighted by atomic mass is 31.2. The number of unbranched alkanes of at least 4 members (excludes halogenated alkanes) is 26. The maximum Gasteiger partial charge on any atom is 0.306 e. The third kappa shape index (κ3) is 76.4. The molecule has 0 fully saturated rings. The quantitative estimate of drug-likeness (QED) is 0.0195. The second kappa shape index (κ2) is 72.6. The van der Waals surface area contributed by atoms with Gasteiger partial charge in [-0.2, -0.15) is 0 Å². The SMILES string of the molecule is CC/C=C\C/C=C\C/C=C\C/C=C\C/C=C\C/C=C\C/C=C\C/C=C\CCCCCCCCCCC(=O)OC(COC(=O)CCCCCCCCCCCCCCCCCCCC/C=C\C/C=C\C/C=C\C/C=C\C/C=C\C/C=C\CC)COP(=O)([O-])OCC[N+](C)(C)C. The van der Waals surface area contributed by atoms with Crippen molar-refractivity contribution in [2.24, 2.45) is 0 Å². The summed E-state index contributed by atoms with van der Waals surface area (Å²) < 4.78 is 34.4. The predicted octanol–water partition coefficient (Wildman–Crippen LogP) is 24.6. The van der Waals surface area contributed by atoms with Crippen LogP contribution in [0.3, 0.4) is 0 Å². The van der Waals surface area contributed by atoms with Crippen molar-refractivity contribution in [3.8, 4) is 0 Å². The van der Waals surface area contributed by atoms with Crippen LogP contribution in [0.2, 0.25) is 0 Å². The number of carbonyl (C=O) groups excluding carboxylic acids is 2. The molecule has 0 aliphatic carbocycles. The van der Waals surface area contributed by atoms with Gasteiger partial charge in [-0.1, -0.05) is 325 Å². The van der Waals surface area contributed by atoms with E-state index in [0.29, 0.717) is 17.4 Å². The van der Waals surface area contributed by atoms with Crippen molar-refractivity contribution in [2.75, 3.05) is 47.5 Å². The molecule has 0 spiro atoms.